The van der Waals surface area contributed by atoms with Crippen LogP contribution in [-0.4, -0.2) is 63.1 Å². The minimum Gasteiger partial charge on any atom is -0.387 e. The van der Waals surface area contributed by atoms with E-state index in [2.05, 4.69) is 32.4 Å². The number of aromatic nitrogens is 3. The van der Waals surface area contributed by atoms with Crippen LogP contribution in [0.3, 0.4) is 0 Å². The minimum absolute atomic E-state index is 0.326. The van der Waals surface area contributed by atoms with Gasteiger partial charge < -0.3 is 25.6 Å². The van der Waals surface area contributed by atoms with Crippen LogP contribution >= 0.6 is 11.3 Å². The first-order valence-corrected chi connectivity index (χ1v) is 9.80. The molecule has 4 atom stereocenters. The zero-order valence-electron chi connectivity index (χ0n) is 16.0. The first-order chi connectivity index (χ1) is 14.4. The molecule has 1 aliphatic heterocycles. The fraction of sp³-hybridized carbons (Fsp3) is 0.316. The van der Waals surface area contributed by atoms with Crippen molar-refractivity contribution in [2.75, 3.05) is 19.4 Å². The molecule has 4 N–H and O–H groups in total. The zero-order valence-corrected chi connectivity index (χ0v) is 16.8. The lowest BCUT2D eigenvalue weighted by Crippen LogP contribution is -2.41. The Morgan fingerprint density at radius 3 is 2.77 bits per heavy atom. The summed E-state index contributed by atoms with van der Waals surface area (Å²) in [5.41, 5.74) is 1.87. The quantitative estimate of drug-likeness (QED) is 0.444. The number of nitrogens with one attached hydrogen (secondary N) is 2. The first kappa shape index (κ1) is 20.2. The molecule has 0 aromatic carbocycles. The number of nitrogens with zero attached hydrogens (tertiary/aromatic N) is 3. The second-order valence-electron chi connectivity index (χ2n) is 6.53. The van der Waals surface area contributed by atoms with Gasteiger partial charge in [-0.15, -0.1) is 0 Å². The van der Waals surface area contributed by atoms with Crippen LogP contribution in [0, 0.1) is 17.0 Å². The van der Waals surface area contributed by atoms with Gasteiger partial charge in [0, 0.05) is 14.1 Å². The number of rotatable bonds is 3. The number of halogens is 1. The van der Waals surface area contributed by atoms with Gasteiger partial charge in [-0.2, -0.15) is 4.39 Å². The summed E-state index contributed by atoms with van der Waals surface area (Å²) in [5, 5.41) is 25.7. The summed E-state index contributed by atoms with van der Waals surface area (Å²) in [6.45, 7) is 0. The third-order valence-electron chi connectivity index (χ3n) is 4.70. The fourth-order valence-electron chi connectivity index (χ4n) is 3.20. The predicted octanol–water partition coefficient (Wildman–Crippen LogP) is 0.439. The lowest BCUT2D eigenvalue weighted by Gasteiger charge is -2.16. The highest BCUT2D eigenvalue weighted by Crippen LogP contribution is 2.33. The second kappa shape index (κ2) is 8.00. The van der Waals surface area contributed by atoms with Crippen molar-refractivity contribution in [1.82, 2.24) is 19.9 Å². The molecular weight excluding hydrogens is 413 g/mol. The molecule has 0 aliphatic carbocycles. The topological polar surface area (TPSA) is 122 Å². The molecule has 0 bridgehead atoms. The number of ether oxygens (including phenoxy) is 1. The monoisotopic (exact) mass is 431 g/mol. The molecule has 156 valence electrons. The van der Waals surface area contributed by atoms with Crippen LogP contribution in [0.4, 0.5) is 10.1 Å². The van der Waals surface area contributed by atoms with Crippen molar-refractivity contribution in [2.45, 2.75) is 24.5 Å². The molecule has 1 aliphatic rings. The molecule has 11 heteroatoms. The third kappa shape index (κ3) is 3.50. The standard InChI is InChI=1S/C19H18FN5O4S/c1-21-11-7-9(3-4-10-5-6-12(20)30-10)24-17-13(11)23-8-25(17)19-15(27)14(26)16(29-19)18(28)22-2/h5-8,14-16,19,26-27H,1-2H3,(H,21,24)(H,22,28)/t14-,15+,16-,19+/m0/s1. The predicted molar refractivity (Wildman–Crippen MR) is 107 cm³/mol. The van der Waals surface area contributed by atoms with Crippen LogP contribution in [0.15, 0.2) is 24.5 Å². The van der Waals surface area contributed by atoms with Gasteiger partial charge in [-0.3, -0.25) is 9.36 Å². The minimum atomic E-state index is -1.41. The van der Waals surface area contributed by atoms with Gasteiger partial charge in [0.15, 0.2) is 23.1 Å². The third-order valence-corrected chi connectivity index (χ3v) is 5.49. The van der Waals surface area contributed by atoms with Crippen LogP contribution in [0.5, 0.6) is 0 Å². The lowest BCUT2D eigenvalue weighted by molar-refractivity contribution is -0.137. The average molecular weight is 431 g/mol. The number of amides is 1. The summed E-state index contributed by atoms with van der Waals surface area (Å²) < 4.78 is 20.2. The number of thiophene rings is 1. The number of hydrogen-bond acceptors (Lipinski definition) is 8. The van der Waals surface area contributed by atoms with E-state index in [0.717, 1.165) is 11.3 Å². The number of carbonyl (C=O) groups is 1. The number of fused-ring (bicyclic) bond motifs is 1. The van der Waals surface area contributed by atoms with Crippen LogP contribution < -0.4 is 10.6 Å². The van der Waals surface area contributed by atoms with E-state index in [0.29, 0.717) is 27.4 Å². The molecule has 3 aromatic heterocycles. The number of pyridine rings is 1. The van der Waals surface area contributed by atoms with E-state index in [-0.39, 0.29) is 5.13 Å². The molecule has 1 amide bonds. The molecule has 4 heterocycles. The zero-order chi connectivity index (χ0) is 21.4. The summed E-state index contributed by atoms with van der Waals surface area (Å²) in [5.74, 6) is 5.20. The maximum atomic E-state index is 13.2. The number of carbonyl (C=O) groups excluding carboxylic acids is 1. The Morgan fingerprint density at radius 1 is 1.30 bits per heavy atom. The highest BCUT2D eigenvalue weighted by Gasteiger charge is 2.47. The van der Waals surface area contributed by atoms with Crippen molar-refractivity contribution < 1.29 is 24.1 Å². The molecule has 4 rings (SSSR count). The lowest BCUT2D eigenvalue weighted by atomic mass is 10.1. The van der Waals surface area contributed by atoms with E-state index in [4.69, 9.17) is 4.74 Å². The van der Waals surface area contributed by atoms with Gasteiger partial charge in [-0.25, -0.2) is 9.97 Å². The maximum Gasteiger partial charge on any atom is 0.251 e. The van der Waals surface area contributed by atoms with Gasteiger partial charge in [0.25, 0.3) is 5.91 Å². The Balaban J connectivity index is 1.75. The van der Waals surface area contributed by atoms with Crippen LogP contribution in [-0.2, 0) is 9.53 Å². The Kier molecular flexibility index (Phi) is 5.40. The first-order valence-electron chi connectivity index (χ1n) is 8.98. The molecule has 1 fully saturated rings. The average Bonchev–Trinajstić information content (AvgIpc) is 3.43. The SMILES string of the molecule is CNC(=O)[C@H]1O[C@@H](n2cnc3c(NC)cc(C#Cc4ccc(F)s4)nc32)[C@H](O)[C@@H]1O. The summed E-state index contributed by atoms with van der Waals surface area (Å²) in [6, 6.07) is 4.62. The van der Waals surface area contributed by atoms with Gasteiger partial charge in [0.1, 0.15) is 23.4 Å². The normalized spacial score (nSPS) is 23.2. The summed E-state index contributed by atoms with van der Waals surface area (Å²) in [6.07, 6.45) is -3.66. The van der Waals surface area contributed by atoms with Crippen LogP contribution in [0.25, 0.3) is 11.2 Å². The molecule has 0 saturated carbocycles. The Morgan fingerprint density at radius 2 is 2.10 bits per heavy atom. The molecule has 3 aromatic rings. The molecule has 30 heavy (non-hydrogen) atoms. The van der Waals surface area contributed by atoms with Crippen LogP contribution in [0.1, 0.15) is 16.8 Å². The number of likely N-dealkylation sites (N-methyl/N-ethyl adjacent to an activating group) is 1. The van der Waals surface area contributed by atoms with E-state index >= 15 is 0 Å². The smallest absolute Gasteiger partial charge is 0.251 e. The Labute approximate surface area is 174 Å². The molecule has 0 spiro atoms. The van der Waals surface area contributed by atoms with Crippen molar-refractivity contribution in [3.63, 3.8) is 0 Å². The Bertz CT molecular complexity index is 1170. The van der Waals surface area contributed by atoms with E-state index in [9.17, 15) is 19.4 Å². The molecule has 9 nitrogen and oxygen atoms in total. The Hall–Kier alpha value is -3.04. The van der Waals surface area contributed by atoms with E-state index in [1.165, 1.54) is 24.0 Å². The maximum absolute atomic E-state index is 13.2. The van der Waals surface area contributed by atoms with Crippen LogP contribution in [0.2, 0.25) is 0 Å². The second-order valence-corrected chi connectivity index (χ2v) is 7.56. The number of anilines is 1. The number of hydrogen-bond donors (Lipinski definition) is 4. The molecule has 1 saturated heterocycles. The van der Waals surface area contributed by atoms with E-state index in [1.54, 1.807) is 19.2 Å². The fourth-order valence-corrected chi connectivity index (χ4v) is 3.79. The van der Waals surface area contributed by atoms with E-state index < -0.39 is 30.4 Å². The number of imidazole rings is 1. The van der Waals surface area contributed by atoms with Crippen molar-refractivity contribution in [3.05, 3.63) is 40.2 Å². The van der Waals surface area contributed by atoms with Gasteiger partial charge in [0.2, 0.25) is 0 Å². The van der Waals surface area contributed by atoms with Gasteiger partial charge in [-0.05, 0) is 30.0 Å². The van der Waals surface area contributed by atoms with Crippen molar-refractivity contribution in [2.24, 2.45) is 0 Å². The van der Waals surface area contributed by atoms with Gasteiger partial charge >= 0.3 is 0 Å². The summed E-state index contributed by atoms with van der Waals surface area (Å²) in [7, 11) is 3.13. The van der Waals surface area contributed by atoms with Crippen molar-refractivity contribution >= 4 is 34.1 Å². The van der Waals surface area contributed by atoms with E-state index in [1.807, 2.05) is 0 Å². The van der Waals surface area contributed by atoms with Crippen molar-refractivity contribution in [3.8, 4) is 11.8 Å². The van der Waals surface area contributed by atoms with Gasteiger partial charge in [-0.1, -0.05) is 11.3 Å². The highest BCUT2D eigenvalue weighted by atomic mass is 32.1. The number of aliphatic hydroxyl groups excluding tert-OH is 2. The highest BCUT2D eigenvalue weighted by molar-refractivity contribution is 7.10. The van der Waals surface area contributed by atoms with Crippen molar-refractivity contribution in [1.29, 1.82) is 0 Å². The number of aliphatic hydroxyl groups is 2. The largest absolute Gasteiger partial charge is 0.387 e. The summed E-state index contributed by atoms with van der Waals surface area (Å²) >= 11 is 0.931. The summed E-state index contributed by atoms with van der Waals surface area (Å²) in [4.78, 5) is 21.3. The molecule has 0 radical (unpaired) electrons. The van der Waals surface area contributed by atoms with Gasteiger partial charge in [0.05, 0.1) is 16.9 Å². The molecule has 0 unspecified atom stereocenters. The molecular formula is C19H18FN5O4S.